The second kappa shape index (κ2) is 5.31. The maximum absolute atomic E-state index is 12.1. The maximum atomic E-state index is 12.1. The number of hydrogen-bond donors (Lipinski definition) is 1. The van der Waals surface area contributed by atoms with Crippen molar-refractivity contribution in [1.29, 1.82) is 0 Å². The highest BCUT2D eigenvalue weighted by molar-refractivity contribution is 9.11. The van der Waals surface area contributed by atoms with Crippen LogP contribution in [0.3, 0.4) is 0 Å². The van der Waals surface area contributed by atoms with Crippen molar-refractivity contribution in [3.8, 4) is 0 Å². The molecule has 98 valence electrons. The highest BCUT2D eigenvalue weighted by atomic mass is 79.9. The molecule has 2 fully saturated rings. The van der Waals surface area contributed by atoms with Crippen LogP contribution in [0.5, 0.6) is 0 Å². The van der Waals surface area contributed by atoms with Crippen LogP contribution >= 0.6 is 27.3 Å². The van der Waals surface area contributed by atoms with Crippen molar-refractivity contribution >= 4 is 33.2 Å². The van der Waals surface area contributed by atoms with Gasteiger partial charge < -0.3 is 5.32 Å². The molecule has 2 atom stereocenters. The number of fused-ring (bicyclic) bond motifs is 1. The van der Waals surface area contributed by atoms with Crippen molar-refractivity contribution in [3.05, 3.63) is 20.8 Å². The molecule has 0 spiro atoms. The molecular weight excluding hydrogens is 312 g/mol. The second-order valence-corrected chi connectivity index (χ2v) is 7.53. The SMILES string of the molecule is O=C(N[C@@H]1CCN2CCCC[C@H]12)c1ccc(Br)s1. The molecule has 3 rings (SSSR count). The summed E-state index contributed by atoms with van der Waals surface area (Å²) >= 11 is 4.90. The molecule has 2 aliphatic heterocycles. The van der Waals surface area contributed by atoms with Crippen molar-refractivity contribution in [1.82, 2.24) is 10.2 Å². The number of nitrogens with one attached hydrogen (secondary N) is 1. The van der Waals surface area contributed by atoms with Gasteiger partial charge in [0.25, 0.3) is 5.91 Å². The minimum absolute atomic E-state index is 0.0862. The molecule has 0 aromatic carbocycles. The van der Waals surface area contributed by atoms with E-state index in [2.05, 4.69) is 26.1 Å². The number of thiophene rings is 1. The number of carbonyl (C=O) groups is 1. The van der Waals surface area contributed by atoms with Crippen molar-refractivity contribution in [3.63, 3.8) is 0 Å². The van der Waals surface area contributed by atoms with Gasteiger partial charge in [0, 0.05) is 18.6 Å². The monoisotopic (exact) mass is 328 g/mol. The summed E-state index contributed by atoms with van der Waals surface area (Å²) in [4.78, 5) is 15.5. The standard InChI is InChI=1S/C13H17BrN2OS/c14-12-5-4-11(18-12)13(17)15-9-6-8-16-7-2-1-3-10(9)16/h4-5,9-10H,1-3,6-8H2,(H,15,17)/t9-,10-/m1/s1. The minimum Gasteiger partial charge on any atom is -0.347 e. The summed E-state index contributed by atoms with van der Waals surface area (Å²) < 4.78 is 1.01. The molecule has 0 unspecified atom stereocenters. The topological polar surface area (TPSA) is 32.3 Å². The van der Waals surface area contributed by atoms with Crippen LogP contribution in [0.15, 0.2) is 15.9 Å². The average Bonchev–Trinajstić information content (AvgIpc) is 2.97. The fourth-order valence-electron chi connectivity index (χ4n) is 3.09. The first kappa shape index (κ1) is 12.6. The lowest BCUT2D eigenvalue weighted by molar-refractivity contribution is 0.0919. The molecule has 3 nitrogen and oxygen atoms in total. The van der Waals surface area contributed by atoms with E-state index in [1.165, 1.54) is 37.1 Å². The van der Waals surface area contributed by atoms with Gasteiger partial charge in [0.1, 0.15) is 0 Å². The van der Waals surface area contributed by atoms with Crippen LogP contribution in [0.1, 0.15) is 35.4 Å². The Balaban J connectivity index is 1.64. The minimum atomic E-state index is 0.0862. The summed E-state index contributed by atoms with van der Waals surface area (Å²) in [5.41, 5.74) is 0. The van der Waals surface area contributed by atoms with Crippen LogP contribution in [0, 0.1) is 0 Å². The number of rotatable bonds is 2. The second-order valence-electron chi connectivity index (χ2n) is 5.07. The lowest BCUT2D eigenvalue weighted by atomic mass is 9.99. The molecule has 3 heterocycles. The molecule has 18 heavy (non-hydrogen) atoms. The van der Waals surface area contributed by atoms with E-state index in [1.807, 2.05) is 12.1 Å². The lowest BCUT2D eigenvalue weighted by Gasteiger charge is -2.32. The molecule has 2 aliphatic rings. The Morgan fingerprint density at radius 2 is 2.22 bits per heavy atom. The Bertz CT molecular complexity index is 448. The zero-order valence-corrected chi connectivity index (χ0v) is 12.6. The van der Waals surface area contributed by atoms with E-state index in [4.69, 9.17) is 0 Å². The van der Waals surface area contributed by atoms with Crippen LogP contribution in [-0.2, 0) is 0 Å². The van der Waals surface area contributed by atoms with Gasteiger partial charge in [-0.05, 0) is 53.9 Å². The third kappa shape index (κ3) is 2.49. The number of piperidine rings is 1. The number of nitrogens with zero attached hydrogens (tertiary/aromatic N) is 1. The summed E-state index contributed by atoms with van der Waals surface area (Å²) in [6.45, 7) is 2.35. The van der Waals surface area contributed by atoms with Crippen LogP contribution in [-0.4, -0.2) is 36.0 Å². The highest BCUT2D eigenvalue weighted by Crippen LogP contribution is 2.28. The zero-order valence-electron chi connectivity index (χ0n) is 10.2. The van der Waals surface area contributed by atoms with Crippen molar-refractivity contribution in [2.75, 3.05) is 13.1 Å². The van der Waals surface area contributed by atoms with Gasteiger partial charge in [-0.15, -0.1) is 11.3 Å². The largest absolute Gasteiger partial charge is 0.347 e. The van der Waals surface area contributed by atoms with Gasteiger partial charge in [-0.3, -0.25) is 9.69 Å². The number of hydrogen-bond acceptors (Lipinski definition) is 3. The third-order valence-electron chi connectivity index (χ3n) is 3.97. The lowest BCUT2D eigenvalue weighted by Crippen LogP contribution is -2.46. The predicted octanol–water partition coefficient (Wildman–Crippen LogP) is 2.87. The van der Waals surface area contributed by atoms with Gasteiger partial charge in [0.2, 0.25) is 0 Å². The first-order valence-electron chi connectivity index (χ1n) is 6.54. The summed E-state index contributed by atoms with van der Waals surface area (Å²) in [6, 6.07) is 4.74. The number of amides is 1. The molecule has 1 amide bonds. The van der Waals surface area contributed by atoms with Crippen molar-refractivity contribution in [2.45, 2.75) is 37.8 Å². The molecule has 0 radical (unpaired) electrons. The van der Waals surface area contributed by atoms with E-state index < -0.39 is 0 Å². The first-order chi connectivity index (χ1) is 8.74. The molecule has 0 saturated carbocycles. The highest BCUT2D eigenvalue weighted by Gasteiger charge is 2.36. The van der Waals surface area contributed by atoms with E-state index in [1.54, 1.807) is 0 Å². The molecule has 0 aliphatic carbocycles. The van der Waals surface area contributed by atoms with E-state index in [-0.39, 0.29) is 5.91 Å². The fraction of sp³-hybridized carbons (Fsp3) is 0.615. The summed E-state index contributed by atoms with van der Waals surface area (Å²) in [7, 11) is 0. The van der Waals surface area contributed by atoms with Crippen LogP contribution in [0.4, 0.5) is 0 Å². The molecule has 5 heteroatoms. The molecule has 0 bridgehead atoms. The van der Waals surface area contributed by atoms with Crippen molar-refractivity contribution in [2.24, 2.45) is 0 Å². The molecule has 1 aromatic rings. The normalized spacial score (nSPS) is 28.1. The Morgan fingerprint density at radius 3 is 3.00 bits per heavy atom. The molecule has 1 N–H and O–H groups in total. The van der Waals surface area contributed by atoms with Crippen LogP contribution < -0.4 is 5.32 Å². The van der Waals surface area contributed by atoms with Crippen LogP contribution in [0.25, 0.3) is 0 Å². The Hall–Kier alpha value is -0.390. The maximum Gasteiger partial charge on any atom is 0.261 e. The van der Waals surface area contributed by atoms with E-state index in [9.17, 15) is 4.79 Å². The average molecular weight is 329 g/mol. The van der Waals surface area contributed by atoms with E-state index in [0.717, 1.165) is 21.6 Å². The number of halogens is 1. The summed E-state index contributed by atoms with van der Waals surface area (Å²) in [6.07, 6.45) is 4.95. The molecule has 2 saturated heterocycles. The Labute approximate surface area is 120 Å². The van der Waals surface area contributed by atoms with E-state index in [0.29, 0.717) is 12.1 Å². The quantitative estimate of drug-likeness (QED) is 0.905. The van der Waals surface area contributed by atoms with E-state index >= 15 is 0 Å². The van der Waals surface area contributed by atoms with Gasteiger partial charge in [-0.1, -0.05) is 6.42 Å². The van der Waals surface area contributed by atoms with Crippen LogP contribution in [0.2, 0.25) is 0 Å². The van der Waals surface area contributed by atoms with Gasteiger partial charge in [0.15, 0.2) is 0 Å². The van der Waals surface area contributed by atoms with Gasteiger partial charge >= 0.3 is 0 Å². The third-order valence-corrected chi connectivity index (χ3v) is 5.59. The summed E-state index contributed by atoms with van der Waals surface area (Å²) in [5, 5.41) is 3.22. The zero-order chi connectivity index (χ0) is 12.5. The van der Waals surface area contributed by atoms with Gasteiger partial charge in [-0.25, -0.2) is 0 Å². The smallest absolute Gasteiger partial charge is 0.261 e. The van der Waals surface area contributed by atoms with Gasteiger partial charge in [0.05, 0.1) is 8.66 Å². The molecule has 1 aromatic heterocycles. The predicted molar refractivity (Wildman–Crippen MR) is 77.1 cm³/mol. The summed E-state index contributed by atoms with van der Waals surface area (Å²) in [5.74, 6) is 0.0862. The van der Waals surface area contributed by atoms with Gasteiger partial charge in [-0.2, -0.15) is 0 Å². The first-order valence-corrected chi connectivity index (χ1v) is 8.15. The Kier molecular flexibility index (Phi) is 3.73. The fourth-order valence-corrected chi connectivity index (χ4v) is 4.38. The van der Waals surface area contributed by atoms with Crippen molar-refractivity contribution < 1.29 is 4.79 Å². The Morgan fingerprint density at radius 1 is 1.33 bits per heavy atom. The number of carbonyl (C=O) groups excluding carboxylic acids is 1. The molecular formula is C13H17BrN2OS.